The molecule has 0 spiro atoms. The molecular weight excluding hydrogens is 186 g/mol. The molecule has 2 heteroatoms. The van der Waals surface area contributed by atoms with E-state index in [4.69, 9.17) is 10.5 Å². The summed E-state index contributed by atoms with van der Waals surface area (Å²) < 4.78 is 5.06. The molecule has 1 aromatic rings. The summed E-state index contributed by atoms with van der Waals surface area (Å²) in [6.45, 7) is 3.65. The lowest BCUT2D eigenvalue weighted by atomic mass is 9.93. The average Bonchev–Trinajstić information content (AvgIpc) is 2.24. The number of hydrogen-bond donors (Lipinski definition) is 1. The Morgan fingerprint density at radius 1 is 1.40 bits per heavy atom. The van der Waals surface area contributed by atoms with Gasteiger partial charge in [-0.05, 0) is 37.8 Å². The highest BCUT2D eigenvalue weighted by atomic mass is 16.5. The van der Waals surface area contributed by atoms with Gasteiger partial charge in [0, 0.05) is 13.7 Å². The molecule has 0 amide bonds. The first-order valence-electron chi connectivity index (χ1n) is 5.53. The van der Waals surface area contributed by atoms with Crippen molar-refractivity contribution in [3.05, 3.63) is 35.4 Å². The summed E-state index contributed by atoms with van der Waals surface area (Å²) in [4.78, 5) is 0. The maximum Gasteiger partial charge on any atom is 0.0462 e. The van der Waals surface area contributed by atoms with Crippen LogP contribution < -0.4 is 5.73 Å². The third-order valence-corrected chi connectivity index (χ3v) is 2.70. The molecule has 0 aliphatic rings. The van der Waals surface area contributed by atoms with Gasteiger partial charge < -0.3 is 10.5 Å². The molecule has 1 rings (SSSR count). The molecule has 2 N–H and O–H groups in total. The van der Waals surface area contributed by atoms with Gasteiger partial charge in [-0.15, -0.1) is 0 Å². The molecule has 0 fully saturated rings. The number of rotatable bonds is 6. The fraction of sp³-hybridized carbons (Fsp3) is 0.538. The van der Waals surface area contributed by atoms with Gasteiger partial charge in [-0.1, -0.05) is 29.8 Å². The van der Waals surface area contributed by atoms with Crippen LogP contribution in [0.4, 0.5) is 0 Å². The highest BCUT2D eigenvalue weighted by Crippen LogP contribution is 2.20. The SMILES string of the molecule is COCCCC(CN)c1cccc(C)c1. The zero-order valence-electron chi connectivity index (χ0n) is 9.70. The van der Waals surface area contributed by atoms with Gasteiger partial charge in [0.2, 0.25) is 0 Å². The minimum atomic E-state index is 0.472. The maximum absolute atomic E-state index is 5.80. The fourth-order valence-electron chi connectivity index (χ4n) is 1.82. The molecule has 0 bridgehead atoms. The first-order chi connectivity index (χ1) is 7.27. The second-order valence-electron chi connectivity index (χ2n) is 3.98. The predicted octanol–water partition coefficient (Wildman–Crippen LogP) is 2.46. The minimum absolute atomic E-state index is 0.472. The van der Waals surface area contributed by atoms with Crippen molar-refractivity contribution in [2.45, 2.75) is 25.7 Å². The molecule has 0 aliphatic heterocycles. The van der Waals surface area contributed by atoms with Crippen molar-refractivity contribution in [2.24, 2.45) is 5.73 Å². The van der Waals surface area contributed by atoms with E-state index in [1.165, 1.54) is 11.1 Å². The summed E-state index contributed by atoms with van der Waals surface area (Å²) in [5.41, 5.74) is 8.45. The summed E-state index contributed by atoms with van der Waals surface area (Å²) in [6.07, 6.45) is 2.18. The smallest absolute Gasteiger partial charge is 0.0462 e. The molecular formula is C13H21NO. The first-order valence-corrected chi connectivity index (χ1v) is 5.53. The van der Waals surface area contributed by atoms with Crippen LogP contribution >= 0.6 is 0 Å². The van der Waals surface area contributed by atoms with E-state index in [1.807, 2.05) is 0 Å². The summed E-state index contributed by atoms with van der Waals surface area (Å²) in [7, 11) is 1.74. The Morgan fingerprint density at radius 2 is 2.20 bits per heavy atom. The second kappa shape index (κ2) is 6.59. The number of ether oxygens (including phenoxy) is 1. The van der Waals surface area contributed by atoms with Crippen LogP contribution in [-0.4, -0.2) is 20.3 Å². The molecule has 0 radical (unpaired) electrons. The fourth-order valence-corrected chi connectivity index (χ4v) is 1.82. The van der Waals surface area contributed by atoms with Gasteiger partial charge in [0.25, 0.3) is 0 Å². The molecule has 0 aliphatic carbocycles. The van der Waals surface area contributed by atoms with Gasteiger partial charge in [-0.25, -0.2) is 0 Å². The maximum atomic E-state index is 5.80. The van der Waals surface area contributed by atoms with Gasteiger partial charge in [-0.3, -0.25) is 0 Å². The molecule has 0 aromatic heterocycles. The Hall–Kier alpha value is -0.860. The Morgan fingerprint density at radius 3 is 2.80 bits per heavy atom. The van der Waals surface area contributed by atoms with E-state index in [2.05, 4.69) is 31.2 Å². The third-order valence-electron chi connectivity index (χ3n) is 2.70. The van der Waals surface area contributed by atoms with E-state index >= 15 is 0 Å². The van der Waals surface area contributed by atoms with Crippen LogP contribution in [0.25, 0.3) is 0 Å². The van der Waals surface area contributed by atoms with E-state index in [1.54, 1.807) is 7.11 Å². The molecule has 0 heterocycles. The van der Waals surface area contributed by atoms with Crippen LogP contribution in [0.3, 0.4) is 0 Å². The molecule has 0 saturated heterocycles. The van der Waals surface area contributed by atoms with Crippen LogP contribution in [0, 0.1) is 6.92 Å². The molecule has 84 valence electrons. The van der Waals surface area contributed by atoms with E-state index < -0.39 is 0 Å². The number of nitrogens with two attached hydrogens (primary N) is 1. The normalized spacial score (nSPS) is 12.7. The zero-order chi connectivity index (χ0) is 11.1. The Kier molecular flexibility index (Phi) is 5.37. The monoisotopic (exact) mass is 207 g/mol. The van der Waals surface area contributed by atoms with Crippen molar-refractivity contribution < 1.29 is 4.74 Å². The van der Waals surface area contributed by atoms with E-state index in [-0.39, 0.29) is 0 Å². The second-order valence-corrected chi connectivity index (χ2v) is 3.98. The van der Waals surface area contributed by atoms with Gasteiger partial charge in [0.15, 0.2) is 0 Å². The lowest BCUT2D eigenvalue weighted by Gasteiger charge is -2.15. The van der Waals surface area contributed by atoms with Crippen molar-refractivity contribution >= 4 is 0 Å². The number of aryl methyl sites for hydroxylation is 1. The van der Waals surface area contributed by atoms with Crippen molar-refractivity contribution in [1.29, 1.82) is 0 Å². The Balaban J connectivity index is 2.57. The highest BCUT2D eigenvalue weighted by molar-refractivity contribution is 5.25. The molecule has 1 atom stereocenters. The van der Waals surface area contributed by atoms with Crippen LogP contribution in [0.2, 0.25) is 0 Å². The van der Waals surface area contributed by atoms with Gasteiger partial charge in [0.05, 0.1) is 0 Å². The van der Waals surface area contributed by atoms with Crippen LogP contribution in [0.1, 0.15) is 29.9 Å². The standard InChI is InChI=1S/C13H21NO/c1-11-5-3-6-12(9-11)13(10-14)7-4-8-15-2/h3,5-6,9,13H,4,7-8,10,14H2,1-2H3. The topological polar surface area (TPSA) is 35.2 Å². The highest BCUT2D eigenvalue weighted by Gasteiger charge is 2.08. The summed E-state index contributed by atoms with van der Waals surface area (Å²) >= 11 is 0. The van der Waals surface area contributed by atoms with Crippen LogP contribution in [-0.2, 0) is 4.74 Å². The average molecular weight is 207 g/mol. The van der Waals surface area contributed by atoms with E-state index in [0.29, 0.717) is 12.5 Å². The quantitative estimate of drug-likeness (QED) is 0.727. The van der Waals surface area contributed by atoms with Gasteiger partial charge >= 0.3 is 0 Å². The number of methoxy groups -OCH3 is 1. The van der Waals surface area contributed by atoms with Crippen LogP contribution in [0.5, 0.6) is 0 Å². The van der Waals surface area contributed by atoms with Gasteiger partial charge in [0.1, 0.15) is 0 Å². The van der Waals surface area contributed by atoms with E-state index in [9.17, 15) is 0 Å². The lowest BCUT2D eigenvalue weighted by Crippen LogP contribution is -2.13. The largest absolute Gasteiger partial charge is 0.385 e. The number of hydrogen-bond acceptors (Lipinski definition) is 2. The van der Waals surface area contributed by atoms with Crippen LogP contribution in [0.15, 0.2) is 24.3 Å². The molecule has 1 aromatic carbocycles. The van der Waals surface area contributed by atoms with Crippen molar-refractivity contribution in [3.63, 3.8) is 0 Å². The van der Waals surface area contributed by atoms with Crippen molar-refractivity contribution in [1.82, 2.24) is 0 Å². The Bertz CT molecular complexity index is 286. The summed E-state index contributed by atoms with van der Waals surface area (Å²) in [6, 6.07) is 8.61. The molecule has 2 nitrogen and oxygen atoms in total. The van der Waals surface area contributed by atoms with Gasteiger partial charge in [-0.2, -0.15) is 0 Å². The lowest BCUT2D eigenvalue weighted by molar-refractivity contribution is 0.190. The minimum Gasteiger partial charge on any atom is -0.385 e. The zero-order valence-corrected chi connectivity index (χ0v) is 9.70. The summed E-state index contributed by atoms with van der Waals surface area (Å²) in [5.74, 6) is 0.472. The summed E-state index contributed by atoms with van der Waals surface area (Å²) in [5, 5.41) is 0. The Labute approximate surface area is 92.4 Å². The first kappa shape index (κ1) is 12.2. The third kappa shape index (κ3) is 4.02. The molecule has 1 unspecified atom stereocenters. The number of benzene rings is 1. The van der Waals surface area contributed by atoms with Crippen molar-refractivity contribution in [3.8, 4) is 0 Å². The molecule has 15 heavy (non-hydrogen) atoms. The predicted molar refractivity (Wildman–Crippen MR) is 64.1 cm³/mol. The molecule has 0 saturated carbocycles. The van der Waals surface area contributed by atoms with E-state index in [0.717, 1.165) is 19.4 Å². The van der Waals surface area contributed by atoms with Crippen molar-refractivity contribution in [2.75, 3.05) is 20.3 Å².